The van der Waals surface area contributed by atoms with E-state index >= 15 is 0 Å². The molecule has 23 heavy (non-hydrogen) atoms. The average Bonchev–Trinajstić information content (AvgIpc) is 2.96. The van der Waals surface area contributed by atoms with Crippen LogP contribution in [0.25, 0.3) is 33.9 Å². The van der Waals surface area contributed by atoms with Crippen molar-refractivity contribution in [1.82, 2.24) is 19.9 Å². The zero-order valence-electron chi connectivity index (χ0n) is 12.8. The molecule has 4 rings (SSSR count). The predicted octanol–water partition coefficient (Wildman–Crippen LogP) is 3.96. The number of nitrogens with zero attached hydrogens (tertiary/aromatic N) is 4. The maximum atomic E-state index is 5.81. The van der Waals surface area contributed by atoms with Crippen LogP contribution in [0.2, 0.25) is 0 Å². The van der Waals surface area contributed by atoms with Crippen molar-refractivity contribution in [2.24, 2.45) is 0 Å². The Hall–Kier alpha value is -3.08. The number of hydrogen-bond acceptors (Lipinski definition) is 5. The first kappa shape index (κ1) is 13.6. The molecule has 5 nitrogen and oxygen atoms in total. The van der Waals surface area contributed by atoms with E-state index in [1.165, 1.54) is 0 Å². The molecule has 0 fully saturated rings. The maximum Gasteiger partial charge on any atom is 0.192 e. The Balaban J connectivity index is 1.91. The molecule has 0 unspecified atom stereocenters. The van der Waals surface area contributed by atoms with E-state index in [2.05, 4.69) is 19.9 Å². The Morgan fingerprint density at radius 1 is 0.783 bits per heavy atom. The molecule has 0 aromatic carbocycles. The number of aryl methyl sites for hydroxylation is 2. The summed E-state index contributed by atoms with van der Waals surface area (Å²) < 4.78 is 5.81. The molecule has 0 N–H and O–H groups in total. The summed E-state index contributed by atoms with van der Waals surface area (Å²) in [6, 6.07) is 13.5. The van der Waals surface area contributed by atoms with E-state index in [0.29, 0.717) is 17.3 Å². The Kier molecular flexibility index (Phi) is 3.12. The standard InChI is InChI=1S/C18H14N4O/c1-11-5-3-6-15(20-11)17-18(23-12(2)21-17)16-9-8-13-14(22-16)7-4-10-19-13/h3-10H,1-2H3. The third-order valence-electron chi connectivity index (χ3n) is 3.55. The molecule has 0 aliphatic rings. The molecule has 4 heterocycles. The molecule has 0 aliphatic heterocycles. The molecule has 0 saturated carbocycles. The minimum atomic E-state index is 0.589. The van der Waals surface area contributed by atoms with Crippen LogP contribution >= 0.6 is 0 Å². The highest BCUT2D eigenvalue weighted by molar-refractivity contribution is 5.80. The van der Waals surface area contributed by atoms with Gasteiger partial charge in [0, 0.05) is 18.8 Å². The van der Waals surface area contributed by atoms with Crippen molar-refractivity contribution >= 4 is 11.0 Å². The fraction of sp³-hybridized carbons (Fsp3) is 0.111. The highest BCUT2D eigenvalue weighted by atomic mass is 16.4. The lowest BCUT2D eigenvalue weighted by atomic mass is 10.1. The maximum absolute atomic E-state index is 5.81. The number of rotatable bonds is 2. The van der Waals surface area contributed by atoms with Crippen molar-refractivity contribution in [2.75, 3.05) is 0 Å². The smallest absolute Gasteiger partial charge is 0.192 e. The van der Waals surface area contributed by atoms with E-state index in [1.807, 2.05) is 56.3 Å². The molecular weight excluding hydrogens is 288 g/mol. The van der Waals surface area contributed by atoms with Gasteiger partial charge >= 0.3 is 0 Å². The molecule has 0 atom stereocenters. The van der Waals surface area contributed by atoms with Gasteiger partial charge in [-0.2, -0.15) is 0 Å². The Morgan fingerprint density at radius 3 is 2.57 bits per heavy atom. The number of pyridine rings is 3. The van der Waals surface area contributed by atoms with E-state index in [0.717, 1.165) is 28.1 Å². The van der Waals surface area contributed by atoms with Crippen LogP contribution in [0.3, 0.4) is 0 Å². The van der Waals surface area contributed by atoms with Gasteiger partial charge in [-0.05, 0) is 43.3 Å². The molecule has 4 aromatic heterocycles. The van der Waals surface area contributed by atoms with Crippen LogP contribution in [0.15, 0.2) is 53.1 Å². The summed E-state index contributed by atoms with van der Waals surface area (Å²) in [5, 5.41) is 0. The van der Waals surface area contributed by atoms with Gasteiger partial charge in [0.1, 0.15) is 11.4 Å². The SMILES string of the molecule is Cc1cccc(-c2nc(C)oc2-c2ccc3ncccc3n2)n1. The number of fused-ring (bicyclic) bond motifs is 1. The van der Waals surface area contributed by atoms with Gasteiger partial charge in [-0.25, -0.2) is 9.97 Å². The molecular formula is C18H14N4O. The number of oxazole rings is 1. The van der Waals surface area contributed by atoms with Crippen LogP contribution in [0.1, 0.15) is 11.6 Å². The first-order valence-electron chi connectivity index (χ1n) is 7.34. The Bertz CT molecular complexity index is 1010. The first-order valence-corrected chi connectivity index (χ1v) is 7.34. The van der Waals surface area contributed by atoms with E-state index in [9.17, 15) is 0 Å². The predicted molar refractivity (Wildman–Crippen MR) is 87.7 cm³/mol. The van der Waals surface area contributed by atoms with E-state index in [1.54, 1.807) is 6.20 Å². The molecule has 0 aliphatic carbocycles. The quantitative estimate of drug-likeness (QED) is 0.560. The van der Waals surface area contributed by atoms with Crippen molar-refractivity contribution in [3.8, 4) is 22.8 Å². The zero-order valence-corrected chi connectivity index (χ0v) is 12.8. The number of aromatic nitrogens is 4. The normalized spacial score (nSPS) is 11.0. The Morgan fingerprint density at radius 2 is 1.70 bits per heavy atom. The van der Waals surface area contributed by atoms with E-state index in [-0.39, 0.29) is 0 Å². The van der Waals surface area contributed by atoms with Crippen LogP contribution in [-0.2, 0) is 0 Å². The summed E-state index contributed by atoms with van der Waals surface area (Å²) in [4.78, 5) is 18.0. The van der Waals surface area contributed by atoms with Crippen molar-refractivity contribution in [3.63, 3.8) is 0 Å². The van der Waals surface area contributed by atoms with Crippen molar-refractivity contribution in [2.45, 2.75) is 13.8 Å². The van der Waals surface area contributed by atoms with Crippen LogP contribution in [0.4, 0.5) is 0 Å². The lowest BCUT2D eigenvalue weighted by molar-refractivity contribution is 0.533. The van der Waals surface area contributed by atoms with Gasteiger partial charge in [0.15, 0.2) is 11.7 Å². The lowest BCUT2D eigenvalue weighted by Crippen LogP contribution is -1.91. The topological polar surface area (TPSA) is 64.7 Å². The minimum absolute atomic E-state index is 0.589. The summed E-state index contributed by atoms with van der Waals surface area (Å²) in [5.74, 6) is 1.22. The monoisotopic (exact) mass is 302 g/mol. The van der Waals surface area contributed by atoms with Crippen molar-refractivity contribution in [1.29, 1.82) is 0 Å². The molecule has 0 saturated heterocycles. The van der Waals surface area contributed by atoms with Gasteiger partial charge in [0.2, 0.25) is 0 Å². The highest BCUT2D eigenvalue weighted by Crippen LogP contribution is 2.31. The molecule has 0 amide bonds. The van der Waals surface area contributed by atoms with Crippen molar-refractivity contribution < 1.29 is 4.42 Å². The average molecular weight is 302 g/mol. The fourth-order valence-electron chi connectivity index (χ4n) is 2.53. The summed E-state index contributed by atoms with van der Waals surface area (Å²) in [6.07, 6.45) is 1.75. The summed E-state index contributed by atoms with van der Waals surface area (Å²) in [6.45, 7) is 3.78. The van der Waals surface area contributed by atoms with Crippen molar-refractivity contribution in [3.05, 3.63) is 60.2 Å². The summed E-state index contributed by atoms with van der Waals surface area (Å²) in [5.41, 5.74) is 4.82. The first-order chi connectivity index (χ1) is 11.2. The minimum Gasteiger partial charge on any atom is -0.439 e. The summed E-state index contributed by atoms with van der Waals surface area (Å²) in [7, 11) is 0. The molecule has 0 spiro atoms. The highest BCUT2D eigenvalue weighted by Gasteiger charge is 2.17. The molecule has 4 aromatic rings. The van der Waals surface area contributed by atoms with E-state index < -0.39 is 0 Å². The second kappa shape index (κ2) is 5.28. The molecule has 5 heteroatoms. The lowest BCUT2D eigenvalue weighted by Gasteiger charge is -2.03. The van der Waals surface area contributed by atoms with E-state index in [4.69, 9.17) is 4.42 Å². The third kappa shape index (κ3) is 2.46. The zero-order chi connectivity index (χ0) is 15.8. The van der Waals surface area contributed by atoms with Gasteiger partial charge in [-0.15, -0.1) is 0 Å². The van der Waals surface area contributed by atoms with Gasteiger partial charge in [-0.3, -0.25) is 9.97 Å². The Labute approximate surface area is 133 Å². The van der Waals surface area contributed by atoms with Crippen LogP contribution < -0.4 is 0 Å². The van der Waals surface area contributed by atoms with Crippen LogP contribution in [0.5, 0.6) is 0 Å². The fourth-order valence-corrected chi connectivity index (χ4v) is 2.53. The van der Waals surface area contributed by atoms with Gasteiger partial charge in [0.05, 0.1) is 16.7 Å². The molecule has 0 radical (unpaired) electrons. The second-order valence-electron chi connectivity index (χ2n) is 5.31. The third-order valence-corrected chi connectivity index (χ3v) is 3.55. The summed E-state index contributed by atoms with van der Waals surface area (Å²) >= 11 is 0. The van der Waals surface area contributed by atoms with Crippen LogP contribution in [0, 0.1) is 13.8 Å². The van der Waals surface area contributed by atoms with Gasteiger partial charge in [0.25, 0.3) is 0 Å². The number of hydrogen-bond donors (Lipinski definition) is 0. The molecule has 112 valence electrons. The molecule has 0 bridgehead atoms. The van der Waals surface area contributed by atoms with Gasteiger partial charge in [-0.1, -0.05) is 6.07 Å². The van der Waals surface area contributed by atoms with Crippen LogP contribution in [-0.4, -0.2) is 19.9 Å². The second-order valence-corrected chi connectivity index (χ2v) is 5.31. The van der Waals surface area contributed by atoms with Gasteiger partial charge < -0.3 is 4.42 Å². The largest absolute Gasteiger partial charge is 0.439 e.